The Bertz CT molecular complexity index is 1520. The van der Waals surface area contributed by atoms with Gasteiger partial charge in [0.25, 0.3) is 11.1 Å². The molecule has 0 radical (unpaired) electrons. The van der Waals surface area contributed by atoms with Crippen LogP contribution in [-0.2, 0) is 22.6 Å². The number of methoxy groups -OCH3 is 2. The normalized spacial score (nSPS) is 13.9. The quantitative estimate of drug-likeness (QED) is 0.184. The van der Waals surface area contributed by atoms with E-state index >= 15 is 0 Å². The third-order valence-electron chi connectivity index (χ3n) is 5.97. The molecule has 0 unspecified atom stereocenters. The highest BCUT2D eigenvalue weighted by molar-refractivity contribution is 8.18. The molecule has 1 saturated heterocycles. The second-order valence-corrected chi connectivity index (χ2v) is 10.6. The van der Waals surface area contributed by atoms with E-state index < -0.39 is 23.6 Å². The molecule has 11 heteroatoms. The summed E-state index contributed by atoms with van der Waals surface area (Å²) in [4.78, 5) is 39.3. The average molecular weight is 614 g/mol. The lowest BCUT2D eigenvalue weighted by Gasteiger charge is -2.16. The molecule has 8 nitrogen and oxygen atoms in total. The summed E-state index contributed by atoms with van der Waals surface area (Å²) in [5.74, 6) is 0.498. The molecule has 0 spiro atoms. The first-order valence-electron chi connectivity index (χ1n) is 12.3. The maximum Gasteiger partial charge on any atom is 0.294 e. The van der Waals surface area contributed by atoms with E-state index in [0.717, 1.165) is 27.8 Å². The summed E-state index contributed by atoms with van der Waals surface area (Å²) in [5, 5.41) is 3.14. The first-order chi connectivity index (χ1) is 19.7. The number of halogens is 2. The second-order valence-electron chi connectivity index (χ2n) is 8.77. The Morgan fingerprint density at radius 2 is 1.78 bits per heavy atom. The Kier molecular flexibility index (Phi) is 9.99. The zero-order valence-electron chi connectivity index (χ0n) is 22.2. The minimum absolute atomic E-state index is 0.174. The predicted molar refractivity (Wildman–Crippen MR) is 162 cm³/mol. The number of nitrogens with zero attached hydrogens (tertiary/aromatic N) is 1. The standard InChI is InChI=1S/C30H26Cl2N2O6S/c1-4-5-19-12-18(13-25(39-3)28(19)40-17-20-6-7-21(31)15-24(20)32)14-26-29(36)34(30(37)41-26)16-27(35)33-22-8-10-23(38-2)11-9-22/h4,6-15H,1,5,16-17H2,2-3H3,(H,33,35)/b26-14+. The summed E-state index contributed by atoms with van der Waals surface area (Å²) in [6, 6.07) is 15.4. The number of imide groups is 1. The van der Waals surface area contributed by atoms with Gasteiger partial charge >= 0.3 is 0 Å². The number of anilines is 1. The van der Waals surface area contributed by atoms with E-state index in [4.69, 9.17) is 37.4 Å². The number of carbonyl (C=O) groups excluding carboxylic acids is 3. The maximum atomic E-state index is 13.1. The molecule has 4 rings (SSSR count). The summed E-state index contributed by atoms with van der Waals surface area (Å²) in [6.45, 7) is 3.58. The molecule has 1 aliphatic rings. The molecule has 212 valence electrons. The van der Waals surface area contributed by atoms with Crippen molar-refractivity contribution in [2.45, 2.75) is 13.0 Å². The smallest absolute Gasteiger partial charge is 0.294 e. The molecule has 1 fully saturated rings. The van der Waals surface area contributed by atoms with Crippen LogP contribution in [0.15, 0.2) is 72.2 Å². The Morgan fingerprint density at radius 1 is 1.02 bits per heavy atom. The van der Waals surface area contributed by atoms with Crippen LogP contribution in [0, 0.1) is 0 Å². The minimum Gasteiger partial charge on any atom is -0.497 e. The van der Waals surface area contributed by atoms with Gasteiger partial charge in [-0.25, -0.2) is 0 Å². The number of amides is 3. The van der Waals surface area contributed by atoms with Gasteiger partial charge in [0.1, 0.15) is 18.9 Å². The van der Waals surface area contributed by atoms with E-state index in [-0.39, 0.29) is 11.5 Å². The van der Waals surface area contributed by atoms with E-state index in [2.05, 4.69) is 11.9 Å². The van der Waals surface area contributed by atoms with Crippen LogP contribution < -0.4 is 19.5 Å². The van der Waals surface area contributed by atoms with Crippen LogP contribution in [0.3, 0.4) is 0 Å². The van der Waals surface area contributed by atoms with Gasteiger partial charge in [-0.05, 0) is 78.4 Å². The molecule has 1 heterocycles. The van der Waals surface area contributed by atoms with Gasteiger partial charge in [0, 0.05) is 26.9 Å². The fraction of sp³-hybridized carbons (Fsp3) is 0.167. The lowest BCUT2D eigenvalue weighted by atomic mass is 10.0. The van der Waals surface area contributed by atoms with Crippen molar-refractivity contribution in [2.75, 3.05) is 26.1 Å². The fourth-order valence-electron chi connectivity index (χ4n) is 3.98. The zero-order valence-corrected chi connectivity index (χ0v) is 24.6. The van der Waals surface area contributed by atoms with Crippen molar-refractivity contribution in [3.8, 4) is 17.2 Å². The first-order valence-corrected chi connectivity index (χ1v) is 13.9. The van der Waals surface area contributed by atoms with Gasteiger partial charge in [-0.1, -0.05) is 35.3 Å². The lowest BCUT2D eigenvalue weighted by molar-refractivity contribution is -0.127. The highest BCUT2D eigenvalue weighted by Crippen LogP contribution is 2.38. The zero-order chi connectivity index (χ0) is 29.5. The highest BCUT2D eigenvalue weighted by Gasteiger charge is 2.36. The molecule has 3 aromatic carbocycles. The second kappa shape index (κ2) is 13.6. The number of thioether (sulfide) groups is 1. The van der Waals surface area contributed by atoms with Crippen LogP contribution in [0.5, 0.6) is 17.2 Å². The topological polar surface area (TPSA) is 94.2 Å². The van der Waals surface area contributed by atoms with Crippen LogP contribution >= 0.6 is 35.0 Å². The number of hydrogen-bond donors (Lipinski definition) is 1. The molecular weight excluding hydrogens is 587 g/mol. The largest absolute Gasteiger partial charge is 0.497 e. The predicted octanol–water partition coefficient (Wildman–Crippen LogP) is 6.99. The van der Waals surface area contributed by atoms with Crippen molar-refractivity contribution in [1.82, 2.24) is 4.90 Å². The number of rotatable bonds is 11. The molecule has 1 N–H and O–H groups in total. The number of ether oxygens (including phenoxy) is 3. The number of hydrogen-bond acceptors (Lipinski definition) is 7. The fourth-order valence-corrected chi connectivity index (χ4v) is 5.29. The van der Waals surface area contributed by atoms with Crippen LogP contribution in [0.4, 0.5) is 10.5 Å². The van der Waals surface area contributed by atoms with Gasteiger partial charge in [0.15, 0.2) is 11.5 Å². The van der Waals surface area contributed by atoms with Crippen molar-refractivity contribution in [2.24, 2.45) is 0 Å². The Balaban J connectivity index is 1.51. The number of nitrogens with one attached hydrogen (secondary N) is 1. The SMILES string of the molecule is C=CCc1cc(/C=C2/SC(=O)N(CC(=O)Nc3ccc(OC)cc3)C2=O)cc(OC)c1OCc1ccc(Cl)cc1Cl. The lowest BCUT2D eigenvalue weighted by Crippen LogP contribution is -2.36. The molecule has 1 aliphatic heterocycles. The number of carbonyl (C=O) groups is 3. The molecule has 3 aromatic rings. The molecule has 0 saturated carbocycles. The summed E-state index contributed by atoms with van der Waals surface area (Å²) < 4.78 is 16.8. The molecule has 0 bridgehead atoms. The van der Waals surface area contributed by atoms with Crippen molar-refractivity contribution in [1.29, 1.82) is 0 Å². The van der Waals surface area contributed by atoms with E-state index in [9.17, 15) is 14.4 Å². The van der Waals surface area contributed by atoms with E-state index in [1.54, 1.807) is 67.8 Å². The Labute approximate surface area is 251 Å². The summed E-state index contributed by atoms with van der Waals surface area (Å²) in [5.41, 5.74) is 2.63. The minimum atomic E-state index is -0.563. The molecule has 0 aromatic heterocycles. The molecule has 0 atom stereocenters. The van der Waals surface area contributed by atoms with Crippen molar-refractivity contribution in [3.63, 3.8) is 0 Å². The number of benzene rings is 3. The third kappa shape index (κ3) is 7.43. The molecule has 0 aliphatic carbocycles. The maximum absolute atomic E-state index is 13.1. The van der Waals surface area contributed by atoms with Crippen molar-refractivity contribution >= 4 is 63.8 Å². The monoisotopic (exact) mass is 612 g/mol. The Hall–Kier alpha value is -3.92. The molecule has 3 amide bonds. The molecule has 41 heavy (non-hydrogen) atoms. The third-order valence-corrected chi connectivity index (χ3v) is 7.47. The molecular formula is C30H26Cl2N2O6S. The average Bonchev–Trinajstić information content (AvgIpc) is 3.20. The van der Waals surface area contributed by atoms with Gasteiger partial charge in [0.05, 0.1) is 19.1 Å². The van der Waals surface area contributed by atoms with E-state index in [1.165, 1.54) is 7.11 Å². The van der Waals surface area contributed by atoms with Crippen LogP contribution in [0.25, 0.3) is 6.08 Å². The van der Waals surface area contributed by atoms with Gasteiger partial charge < -0.3 is 19.5 Å². The summed E-state index contributed by atoms with van der Waals surface area (Å²) in [7, 11) is 3.05. The summed E-state index contributed by atoms with van der Waals surface area (Å²) >= 11 is 13.1. The van der Waals surface area contributed by atoms with E-state index in [1.807, 2.05) is 6.07 Å². The van der Waals surface area contributed by atoms with Crippen LogP contribution in [0.2, 0.25) is 10.0 Å². The van der Waals surface area contributed by atoms with Crippen LogP contribution in [-0.4, -0.2) is 42.7 Å². The number of allylic oxidation sites excluding steroid dienone is 1. The Morgan fingerprint density at radius 3 is 2.44 bits per heavy atom. The summed E-state index contributed by atoms with van der Waals surface area (Å²) in [6.07, 6.45) is 3.76. The first kappa shape index (κ1) is 30.0. The van der Waals surface area contributed by atoms with Gasteiger partial charge in [-0.3, -0.25) is 19.3 Å². The van der Waals surface area contributed by atoms with Crippen molar-refractivity contribution in [3.05, 3.63) is 98.9 Å². The van der Waals surface area contributed by atoms with Gasteiger partial charge in [-0.15, -0.1) is 6.58 Å². The van der Waals surface area contributed by atoms with Gasteiger partial charge in [-0.2, -0.15) is 0 Å². The van der Waals surface area contributed by atoms with Crippen LogP contribution in [0.1, 0.15) is 16.7 Å². The van der Waals surface area contributed by atoms with Gasteiger partial charge in [0.2, 0.25) is 5.91 Å². The van der Waals surface area contributed by atoms with E-state index in [0.29, 0.717) is 45.0 Å². The van der Waals surface area contributed by atoms with Crippen molar-refractivity contribution < 1.29 is 28.6 Å². The highest BCUT2D eigenvalue weighted by atomic mass is 35.5.